The zero-order valence-electron chi connectivity index (χ0n) is 10.8. The third-order valence-electron chi connectivity index (χ3n) is 4.33. The van der Waals surface area contributed by atoms with Gasteiger partial charge in [0.1, 0.15) is 0 Å². The van der Waals surface area contributed by atoms with Crippen LogP contribution in [0.5, 0.6) is 0 Å². The number of hydrogen-bond donors (Lipinski definition) is 0. The molecular weight excluding hydrogens is 228 g/mol. The van der Waals surface area contributed by atoms with Gasteiger partial charge >= 0.3 is 0 Å². The zero-order valence-corrected chi connectivity index (χ0v) is 10.8. The number of benzene rings is 3. The van der Waals surface area contributed by atoms with E-state index < -0.39 is 0 Å². The average molecular weight is 244 g/mol. The lowest BCUT2D eigenvalue weighted by atomic mass is 9.89. The first-order chi connectivity index (χ1) is 9.43. The van der Waals surface area contributed by atoms with Gasteiger partial charge in [-0.05, 0) is 40.3 Å². The third kappa shape index (κ3) is 1.67. The molecule has 0 nitrogen and oxygen atoms in total. The molecule has 4 rings (SSSR count). The molecule has 0 aromatic heterocycles. The molecule has 0 fully saturated rings. The van der Waals surface area contributed by atoms with E-state index in [1.54, 1.807) is 0 Å². The fourth-order valence-electron chi connectivity index (χ4n) is 3.43. The van der Waals surface area contributed by atoms with Crippen molar-refractivity contribution in [2.75, 3.05) is 0 Å². The van der Waals surface area contributed by atoms with Crippen LogP contribution in [0.15, 0.2) is 66.7 Å². The maximum Gasteiger partial charge on any atom is 0.0101 e. The standard InChI is InChI=1S/C19H16/c1-3-9-16-14(6-1)8-5-11-18(16)19-13-12-15-7-2-4-10-17(15)19/h1-11,19H,12-13H2. The monoisotopic (exact) mass is 244 g/mol. The van der Waals surface area contributed by atoms with Gasteiger partial charge in [0.15, 0.2) is 0 Å². The summed E-state index contributed by atoms with van der Waals surface area (Å²) in [5, 5.41) is 2.76. The Morgan fingerprint density at radius 1 is 0.684 bits per heavy atom. The molecule has 0 amide bonds. The summed E-state index contributed by atoms with van der Waals surface area (Å²) in [6.07, 6.45) is 2.46. The van der Waals surface area contributed by atoms with E-state index in [2.05, 4.69) is 66.7 Å². The van der Waals surface area contributed by atoms with Crippen LogP contribution in [-0.2, 0) is 6.42 Å². The maximum absolute atomic E-state index is 2.30. The molecule has 1 atom stereocenters. The Kier molecular flexibility index (Phi) is 2.41. The number of hydrogen-bond acceptors (Lipinski definition) is 0. The minimum atomic E-state index is 0.572. The molecule has 0 aliphatic heterocycles. The van der Waals surface area contributed by atoms with Gasteiger partial charge in [-0.2, -0.15) is 0 Å². The average Bonchev–Trinajstić information content (AvgIpc) is 2.90. The minimum Gasteiger partial charge on any atom is -0.0620 e. The summed E-state index contributed by atoms with van der Waals surface area (Å²) < 4.78 is 0. The molecule has 0 spiro atoms. The lowest BCUT2D eigenvalue weighted by molar-refractivity contribution is 0.794. The second-order valence-electron chi connectivity index (χ2n) is 5.36. The van der Waals surface area contributed by atoms with Crippen LogP contribution < -0.4 is 0 Å². The van der Waals surface area contributed by atoms with Gasteiger partial charge in [0.05, 0.1) is 0 Å². The summed E-state index contributed by atoms with van der Waals surface area (Å²) in [6, 6.07) is 24.3. The van der Waals surface area contributed by atoms with Gasteiger partial charge in [-0.3, -0.25) is 0 Å². The van der Waals surface area contributed by atoms with E-state index in [9.17, 15) is 0 Å². The molecule has 0 heterocycles. The Labute approximate surface area is 113 Å². The zero-order chi connectivity index (χ0) is 12.7. The highest BCUT2D eigenvalue weighted by molar-refractivity contribution is 5.86. The molecular formula is C19H16. The lowest BCUT2D eigenvalue weighted by Crippen LogP contribution is -1.97. The van der Waals surface area contributed by atoms with Crippen LogP contribution >= 0.6 is 0 Å². The van der Waals surface area contributed by atoms with E-state index in [0.717, 1.165) is 0 Å². The number of rotatable bonds is 1. The maximum atomic E-state index is 2.30. The fraction of sp³-hybridized carbons (Fsp3) is 0.158. The Bertz CT molecular complexity index is 734. The summed E-state index contributed by atoms with van der Waals surface area (Å²) in [6.45, 7) is 0. The van der Waals surface area contributed by atoms with Crippen molar-refractivity contribution >= 4 is 10.8 Å². The smallest absolute Gasteiger partial charge is 0.0101 e. The van der Waals surface area contributed by atoms with Crippen molar-refractivity contribution in [3.8, 4) is 0 Å². The van der Waals surface area contributed by atoms with Crippen molar-refractivity contribution in [3.05, 3.63) is 83.4 Å². The van der Waals surface area contributed by atoms with Crippen molar-refractivity contribution < 1.29 is 0 Å². The van der Waals surface area contributed by atoms with Crippen LogP contribution in [0.25, 0.3) is 10.8 Å². The van der Waals surface area contributed by atoms with E-state index >= 15 is 0 Å². The first-order valence-electron chi connectivity index (χ1n) is 6.99. The van der Waals surface area contributed by atoms with Gasteiger partial charge < -0.3 is 0 Å². The highest BCUT2D eigenvalue weighted by Crippen LogP contribution is 2.40. The minimum absolute atomic E-state index is 0.572. The Hall–Kier alpha value is -2.08. The van der Waals surface area contributed by atoms with E-state index in [4.69, 9.17) is 0 Å². The largest absolute Gasteiger partial charge is 0.0620 e. The molecule has 0 saturated heterocycles. The Morgan fingerprint density at radius 2 is 1.42 bits per heavy atom. The van der Waals surface area contributed by atoms with Crippen molar-refractivity contribution in [3.63, 3.8) is 0 Å². The normalized spacial score (nSPS) is 17.6. The molecule has 0 saturated carbocycles. The van der Waals surface area contributed by atoms with Crippen LogP contribution in [-0.4, -0.2) is 0 Å². The first-order valence-corrected chi connectivity index (χ1v) is 6.99. The van der Waals surface area contributed by atoms with E-state index in [0.29, 0.717) is 5.92 Å². The fourth-order valence-corrected chi connectivity index (χ4v) is 3.43. The quantitative estimate of drug-likeness (QED) is 0.570. The van der Waals surface area contributed by atoms with Crippen molar-refractivity contribution in [2.24, 2.45) is 0 Å². The summed E-state index contributed by atoms with van der Waals surface area (Å²) in [5.41, 5.74) is 4.54. The molecule has 0 N–H and O–H groups in total. The molecule has 92 valence electrons. The SMILES string of the molecule is c1ccc2c(c1)CCC2c1cccc2ccccc12. The van der Waals surface area contributed by atoms with Crippen LogP contribution in [0.2, 0.25) is 0 Å². The molecule has 19 heavy (non-hydrogen) atoms. The lowest BCUT2D eigenvalue weighted by Gasteiger charge is -2.15. The van der Waals surface area contributed by atoms with Crippen LogP contribution in [0.3, 0.4) is 0 Å². The van der Waals surface area contributed by atoms with Crippen LogP contribution in [0.1, 0.15) is 29.0 Å². The van der Waals surface area contributed by atoms with Gasteiger partial charge in [0.2, 0.25) is 0 Å². The summed E-state index contributed by atoms with van der Waals surface area (Å²) in [4.78, 5) is 0. The molecule has 1 unspecified atom stereocenters. The molecule has 3 aromatic rings. The van der Waals surface area contributed by atoms with Crippen LogP contribution in [0.4, 0.5) is 0 Å². The van der Waals surface area contributed by atoms with Gasteiger partial charge in [0.25, 0.3) is 0 Å². The third-order valence-corrected chi connectivity index (χ3v) is 4.33. The second kappa shape index (κ2) is 4.24. The first kappa shape index (κ1) is 10.8. The summed E-state index contributed by atoms with van der Waals surface area (Å²) in [7, 11) is 0. The molecule has 3 aromatic carbocycles. The van der Waals surface area contributed by atoms with Gasteiger partial charge in [-0.15, -0.1) is 0 Å². The molecule has 0 radical (unpaired) electrons. The molecule has 1 aliphatic rings. The van der Waals surface area contributed by atoms with Gasteiger partial charge in [-0.1, -0.05) is 66.7 Å². The van der Waals surface area contributed by atoms with E-state index in [1.807, 2.05) is 0 Å². The number of fused-ring (bicyclic) bond motifs is 2. The van der Waals surface area contributed by atoms with Gasteiger partial charge in [0, 0.05) is 5.92 Å². The topological polar surface area (TPSA) is 0 Å². The molecule has 1 aliphatic carbocycles. The van der Waals surface area contributed by atoms with Gasteiger partial charge in [-0.25, -0.2) is 0 Å². The Morgan fingerprint density at radius 3 is 2.42 bits per heavy atom. The second-order valence-corrected chi connectivity index (χ2v) is 5.36. The highest BCUT2D eigenvalue weighted by Gasteiger charge is 2.24. The summed E-state index contributed by atoms with van der Waals surface area (Å²) in [5.74, 6) is 0.572. The van der Waals surface area contributed by atoms with E-state index in [-0.39, 0.29) is 0 Å². The predicted molar refractivity (Wildman–Crippen MR) is 80.6 cm³/mol. The van der Waals surface area contributed by atoms with Crippen LogP contribution in [0, 0.1) is 0 Å². The number of aryl methyl sites for hydroxylation is 1. The van der Waals surface area contributed by atoms with E-state index in [1.165, 1.54) is 40.3 Å². The molecule has 0 bridgehead atoms. The Balaban J connectivity index is 1.93. The predicted octanol–water partition coefficient (Wildman–Crippen LogP) is 4.92. The highest BCUT2D eigenvalue weighted by atomic mass is 14.3. The molecule has 0 heteroatoms. The van der Waals surface area contributed by atoms with Crippen molar-refractivity contribution in [2.45, 2.75) is 18.8 Å². The van der Waals surface area contributed by atoms with Crippen molar-refractivity contribution in [1.82, 2.24) is 0 Å². The summed E-state index contributed by atoms with van der Waals surface area (Å²) >= 11 is 0. The van der Waals surface area contributed by atoms with Crippen molar-refractivity contribution in [1.29, 1.82) is 0 Å².